The Labute approximate surface area is 75.4 Å². The monoisotopic (exact) mass is 175 g/mol. The van der Waals surface area contributed by atoms with Crippen LogP contribution in [0, 0.1) is 0 Å². The number of hydrogen-bond donors (Lipinski definition) is 0. The Hall–Kier alpha value is -1.15. The van der Waals surface area contributed by atoms with Crippen molar-refractivity contribution in [2.45, 2.75) is 6.92 Å². The third kappa shape index (κ3) is 1.25. The van der Waals surface area contributed by atoms with Gasteiger partial charge in [0, 0.05) is 0 Å². The van der Waals surface area contributed by atoms with Gasteiger partial charge in [-0.1, -0.05) is 18.2 Å². The molecule has 0 amide bonds. The van der Waals surface area contributed by atoms with Crippen molar-refractivity contribution in [3.8, 4) is 0 Å². The lowest BCUT2D eigenvalue weighted by Crippen LogP contribution is -1.66. The van der Waals surface area contributed by atoms with Crippen LogP contribution in [0.2, 0.25) is 0 Å². The summed E-state index contributed by atoms with van der Waals surface area (Å²) in [7, 11) is 0. The van der Waals surface area contributed by atoms with Gasteiger partial charge in [-0.05, 0) is 25.1 Å². The molecule has 0 aliphatic heterocycles. The second kappa shape index (κ2) is 3.07. The minimum Gasteiger partial charge on any atom is -0.237 e. The predicted octanol–water partition coefficient (Wildman–Crippen LogP) is 3.33. The first kappa shape index (κ1) is 7.50. The van der Waals surface area contributed by atoms with Crippen LogP contribution in [0.4, 0.5) is 0 Å². The van der Waals surface area contributed by atoms with E-state index in [1.165, 1.54) is 4.70 Å². The molecule has 0 atom stereocenters. The van der Waals surface area contributed by atoms with Gasteiger partial charge in [0.05, 0.1) is 10.2 Å². The van der Waals surface area contributed by atoms with Crippen molar-refractivity contribution in [2.75, 3.05) is 0 Å². The molecule has 1 nitrogen and oxygen atoms in total. The van der Waals surface area contributed by atoms with Crippen molar-refractivity contribution in [3.05, 3.63) is 35.3 Å². The molecule has 1 heterocycles. The first-order valence-electron chi connectivity index (χ1n) is 3.88. The Morgan fingerprint density at radius 1 is 1.33 bits per heavy atom. The van der Waals surface area contributed by atoms with Crippen LogP contribution in [0.25, 0.3) is 16.3 Å². The fourth-order valence-electron chi connectivity index (χ4n) is 1.10. The van der Waals surface area contributed by atoms with E-state index in [1.54, 1.807) is 11.3 Å². The molecule has 0 unspecified atom stereocenters. The maximum atomic E-state index is 4.43. The Bertz CT molecular complexity index is 381. The molecule has 0 saturated carbocycles. The number of benzene rings is 1. The van der Waals surface area contributed by atoms with E-state index in [4.69, 9.17) is 0 Å². The number of aromatic nitrogens is 1. The summed E-state index contributed by atoms with van der Waals surface area (Å²) in [5, 5.41) is 1.08. The Morgan fingerprint density at radius 2 is 2.17 bits per heavy atom. The highest BCUT2D eigenvalue weighted by atomic mass is 32.1. The average Bonchev–Trinajstić information content (AvgIpc) is 2.47. The summed E-state index contributed by atoms with van der Waals surface area (Å²) in [6.07, 6.45) is 4.04. The second-order valence-corrected chi connectivity index (χ2v) is 3.58. The number of hydrogen-bond acceptors (Lipinski definition) is 2. The quantitative estimate of drug-likeness (QED) is 0.647. The van der Waals surface area contributed by atoms with E-state index in [2.05, 4.69) is 11.1 Å². The summed E-state index contributed by atoms with van der Waals surface area (Å²) in [5.41, 5.74) is 1.09. The van der Waals surface area contributed by atoms with Crippen molar-refractivity contribution in [2.24, 2.45) is 0 Å². The molecule has 2 rings (SSSR count). The first-order chi connectivity index (χ1) is 5.90. The molecule has 0 N–H and O–H groups in total. The minimum absolute atomic E-state index is 1.08. The summed E-state index contributed by atoms with van der Waals surface area (Å²) < 4.78 is 1.26. The van der Waals surface area contributed by atoms with E-state index in [0.29, 0.717) is 0 Å². The molecule has 1 aromatic heterocycles. The molecule has 0 aliphatic rings. The van der Waals surface area contributed by atoms with Gasteiger partial charge in [-0.2, -0.15) is 0 Å². The van der Waals surface area contributed by atoms with E-state index >= 15 is 0 Å². The Morgan fingerprint density at radius 3 is 2.92 bits per heavy atom. The maximum absolute atomic E-state index is 4.43. The van der Waals surface area contributed by atoms with Crippen LogP contribution in [0.3, 0.4) is 0 Å². The molecule has 2 heteroatoms. The standard InChI is InChI=1S/C10H9NS/c1-2-5-10-11-8-6-3-4-7-9(8)12-10/h2-7H,1H3. The highest BCUT2D eigenvalue weighted by Crippen LogP contribution is 2.21. The van der Waals surface area contributed by atoms with Crippen LogP contribution in [0.15, 0.2) is 30.3 Å². The Balaban J connectivity index is 2.62. The molecule has 12 heavy (non-hydrogen) atoms. The van der Waals surface area contributed by atoms with Crippen LogP contribution < -0.4 is 0 Å². The summed E-state index contributed by atoms with van der Waals surface area (Å²) in [6, 6.07) is 8.19. The molecule has 0 aliphatic carbocycles. The molecule has 0 fully saturated rings. The fraction of sp³-hybridized carbons (Fsp3) is 0.100. The van der Waals surface area contributed by atoms with Gasteiger partial charge in [-0.15, -0.1) is 11.3 Å². The van der Waals surface area contributed by atoms with E-state index in [-0.39, 0.29) is 0 Å². The lowest BCUT2D eigenvalue weighted by Gasteiger charge is -1.80. The summed E-state index contributed by atoms with van der Waals surface area (Å²) >= 11 is 1.72. The highest BCUT2D eigenvalue weighted by molar-refractivity contribution is 7.19. The minimum atomic E-state index is 1.08. The van der Waals surface area contributed by atoms with Gasteiger partial charge in [0.1, 0.15) is 5.01 Å². The molecule has 2 aromatic rings. The molecule has 0 saturated heterocycles. The average molecular weight is 175 g/mol. The fourth-order valence-corrected chi connectivity index (χ4v) is 2.04. The summed E-state index contributed by atoms with van der Waals surface area (Å²) in [6.45, 7) is 2.01. The van der Waals surface area contributed by atoms with Crippen molar-refractivity contribution in [1.29, 1.82) is 0 Å². The lowest BCUT2D eigenvalue weighted by atomic mass is 10.3. The van der Waals surface area contributed by atoms with Crippen LogP contribution in [-0.4, -0.2) is 4.98 Å². The lowest BCUT2D eigenvalue weighted by molar-refractivity contribution is 1.46. The summed E-state index contributed by atoms with van der Waals surface area (Å²) in [4.78, 5) is 4.43. The van der Waals surface area contributed by atoms with Crippen LogP contribution in [-0.2, 0) is 0 Å². The molecular formula is C10H9NS. The number of para-hydroxylation sites is 1. The number of thiazole rings is 1. The van der Waals surface area contributed by atoms with Gasteiger partial charge < -0.3 is 0 Å². The maximum Gasteiger partial charge on any atom is 0.117 e. The van der Waals surface area contributed by atoms with Crippen molar-refractivity contribution < 1.29 is 0 Å². The molecule has 0 spiro atoms. The zero-order valence-electron chi connectivity index (χ0n) is 6.82. The predicted molar refractivity (Wildman–Crippen MR) is 54.3 cm³/mol. The third-order valence-electron chi connectivity index (χ3n) is 1.62. The van der Waals surface area contributed by atoms with Crippen LogP contribution in [0.1, 0.15) is 11.9 Å². The van der Waals surface area contributed by atoms with Gasteiger partial charge >= 0.3 is 0 Å². The zero-order valence-corrected chi connectivity index (χ0v) is 7.64. The van der Waals surface area contributed by atoms with Gasteiger partial charge in [0.25, 0.3) is 0 Å². The zero-order chi connectivity index (χ0) is 8.39. The van der Waals surface area contributed by atoms with Crippen LogP contribution >= 0.6 is 11.3 Å². The van der Waals surface area contributed by atoms with E-state index in [1.807, 2.05) is 37.3 Å². The number of rotatable bonds is 1. The molecule has 0 radical (unpaired) electrons. The van der Waals surface area contributed by atoms with Crippen LogP contribution in [0.5, 0.6) is 0 Å². The molecule has 60 valence electrons. The van der Waals surface area contributed by atoms with Crippen molar-refractivity contribution in [1.82, 2.24) is 4.98 Å². The third-order valence-corrected chi connectivity index (χ3v) is 2.62. The molecule has 1 aromatic carbocycles. The van der Waals surface area contributed by atoms with Gasteiger partial charge in [-0.25, -0.2) is 4.98 Å². The van der Waals surface area contributed by atoms with Gasteiger partial charge in [-0.3, -0.25) is 0 Å². The van der Waals surface area contributed by atoms with E-state index < -0.39 is 0 Å². The Kier molecular flexibility index (Phi) is 1.92. The van der Waals surface area contributed by atoms with E-state index in [0.717, 1.165) is 10.5 Å². The smallest absolute Gasteiger partial charge is 0.117 e. The van der Waals surface area contributed by atoms with Crippen molar-refractivity contribution >= 4 is 27.6 Å². The van der Waals surface area contributed by atoms with Crippen molar-refractivity contribution in [3.63, 3.8) is 0 Å². The highest BCUT2D eigenvalue weighted by Gasteiger charge is 1.97. The van der Waals surface area contributed by atoms with Gasteiger partial charge in [0.15, 0.2) is 0 Å². The molecule has 0 bridgehead atoms. The second-order valence-electron chi connectivity index (χ2n) is 2.52. The number of nitrogens with zero attached hydrogens (tertiary/aromatic N) is 1. The normalized spacial score (nSPS) is 11.4. The SMILES string of the molecule is CC=Cc1nc2ccccc2s1. The largest absolute Gasteiger partial charge is 0.237 e. The van der Waals surface area contributed by atoms with Gasteiger partial charge in [0.2, 0.25) is 0 Å². The topological polar surface area (TPSA) is 12.9 Å². The van der Waals surface area contributed by atoms with E-state index in [9.17, 15) is 0 Å². The molecular weight excluding hydrogens is 166 g/mol. The summed E-state index contributed by atoms with van der Waals surface area (Å²) in [5.74, 6) is 0. The number of allylic oxidation sites excluding steroid dienone is 1. The first-order valence-corrected chi connectivity index (χ1v) is 4.70. The number of fused-ring (bicyclic) bond motifs is 1.